The SMILES string of the molecule is COB=Nc1ccc(B2OC(C)(C)C(C)(C)O2)c2c1Cc1ccccc1S2.COB=Nc1ccc(OS(=O)(=O)C(F)(F)F)c2c1Cc1ccccc1S2.Nc1ccc(-c2cc(=O)cc(N3CCOCC3)o2)c2c1Cc1ccccc1S2.O=BC=Nc1ccc(-c2cc(=O)cc(N3CCOCC3)o2)c2c1Cc1ccccc1S2. The number of ether oxygens (including phenoxy) is 2. The van der Waals surface area contributed by atoms with E-state index in [9.17, 15) is 35.9 Å². The van der Waals surface area contributed by atoms with Gasteiger partial charge >= 0.3 is 498 Å². The average molecular weight is 1600 g/mol. The molecule has 10 aromatic rings. The molecule has 2 aromatic heterocycles. The molecule has 7 aliphatic heterocycles. The summed E-state index contributed by atoms with van der Waals surface area (Å²) >= 11 is 6.24. The van der Waals surface area contributed by atoms with Gasteiger partial charge in [0, 0.05) is 52.7 Å². The van der Waals surface area contributed by atoms with Crippen LogP contribution >= 0.6 is 47.0 Å². The summed E-state index contributed by atoms with van der Waals surface area (Å²) in [6.45, 7) is 13.6. The Bertz CT molecular complexity index is 5570. The van der Waals surface area contributed by atoms with E-state index in [0.717, 1.165) is 95.7 Å². The number of aliphatic imine (C=N–C) groups is 1. The molecule has 0 radical (unpaired) electrons. The van der Waals surface area contributed by atoms with Crippen molar-refractivity contribution in [3.8, 4) is 28.4 Å². The molecular formula is C80H73B4F3N6O14S5. The summed E-state index contributed by atoms with van der Waals surface area (Å²) in [4.78, 5) is 49.9. The normalized spacial score (nSPS) is 16.1. The molecule has 0 spiro atoms. The predicted octanol–water partition coefficient (Wildman–Crippen LogP) is 15.9. The first kappa shape index (κ1) is 79.4. The molecule has 112 heavy (non-hydrogen) atoms. The third-order valence-corrected chi connectivity index (χ3v) is 25.9. The van der Waals surface area contributed by atoms with E-state index in [1.165, 1.54) is 87.8 Å². The molecule has 2 N–H and O–H groups in total. The van der Waals surface area contributed by atoms with Gasteiger partial charge in [-0.3, -0.25) is 4.79 Å². The molecule has 7 aliphatic rings. The van der Waals surface area contributed by atoms with E-state index in [2.05, 4.69) is 112 Å². The van der Waals surface area contributed by atoms with E-state index in [0.29, 0.717) is 107 Å². The molecule has 9 heterocycles. The van der Waals surface area contributed by atoms with Gasteiger partial charge in [0.2, 0.25) is 0 Å². The van der Waals surface area contributed by atoms with Crippen LogP contribution in [0, 0.1) is 0 Å². The van der Waals surface area contributed by atoms with E-state index < -0.39 is 15.6 Å². The summed E-state index contributed by atoms with van der Waals surface area (Å²) in [5, 5.41) is 0. The van der Waals surface area contributed by atoms with E-state index >= 15 is 0 Å². The average Bonchev–Trinajstić information content (AvgIpc) is 1.67. The number of nitrogen functional groups attached to an aromatic ring is 1. The zero-order valence-electron chi connectivity index (χ0n) is 61.7. The zero-order valence-corrected chi connectivity index (χ0v) is 65.8. The zero-order chi connectivity index (χ0) is 78.5. The molecule has 0 saturated carbocycles. The van der Waals surface area contributed by atoms with E-state index in [1.807, 2.05) is 65.6 Å². The van der Waals surface area contributed by atoms with Crippen molar-refractivity contribution < 1.29 is 67.4 Å². The van der Waals surface area contributed by atoms with Gasteiger partial charge in [-0.1, -0.05) is 30.0 Å². The molecule has 0 atom stereocenters. The van der Waals surface area contributed by atoms with Gasteiger partial charge in [0.1, 0.15) is 5.76 Å². The molecule has 570 valence electrons. The summed E-state index contributed by atoms with van der Waals surface area (Å²) in [5.41, 5.74) is 14.3. The fourth-order valence-corrected chi connectivity index (χ4v) is 18.7. The van der Waals surface area contributed by atoms with E-state index in [1.54, 1.807) is 66.7 Å². The first-order valence-corrected chi connectivity index (χ1v) is 40.5. The van der Waals surface area contributed by atoms with Gasteiger partial charge in [0.15, 0.2) is 11.3 Å². The fraction of sp³-hybridized carbons (Fsp3) is 0.263. The van der Waals surface area contributed by atoms with Crippen molar-refractivity contribution >= 4 is 132 Å². The number of alkyl halides is 3. The second-order valence-corrected chi connectivity index (χ2v) is 33.2. The van der Waals surface area contributed by atoms with Crippen molar-refractivity contribution in [3.05, 3.63) is 235 Å². The summed E-state index contributed by atoms with van der Waals surface area (Å²) in [5.74, 6) is 1.88. The molecule has 3 saturated heterocycles. The van der Waals surface area contributed by atoms with E-state index in [4.69, 9.17) is 42.7 Å². The predicted molar refractivity (Wildman–Crippen MR) is 433 cm³/mol. The third-order valence-electron chi connectivity index (χ3n) is 19.7. The van der Waals surface area contributed by atoms with E-state index in [-0.39, 0.29) is 39.8 Å². The Balaban J connectivity index is 0.000000124. The number of hydrogen-bond acceptors (Lipinski definition) is 24. The van der Waals surface area contributed by atoms with Crippen LogP contribution in [0.5, 0.6) is 5.75 Å². The summed E-state index contributed by atoms with van der Waals surface area (Å²) in [6, 6.07) is 52.9. The third kappa shape index (κ3) is 17.4. The number of benzene rings is 8. The molecular weight excluding hydrogens is 1530 g/mol. The summed E-state index contributed by atoms with van der Waals surface area (Å²) in [6.07, 6.45) is 3.96. The van der Waals surface area contributed by atoms with Crippen LogP contribution in [0.15, 0.2) is 242 Å². The van der Waals surface area contributed by atoms with Gasteiger partial charge in [-0.05, 0) is 29.3 Å². The number of rotatable bonds is 13. The van der Waals surface area contributed by atoms with Crippen LogP contribution in [0.4, 0.5) is 47.7 Å². The Morgan fingerprint density at radius 3 is 1.39 bits per heavy atom. The van der Waals surface area contributed by atoms with Crippen molar-refractivity contribution in [3.63, 3.8) is 0 Å². The quantitative estimate of drug-likeness (QED) is 0.0370. The Hall–Kier alpha value is -9.23. The van der Waals surface area contributed by atoms with Crippen LogP contribution in [0.1, 0.15) is 72.2 Å². The number of nitrogens with zero attached hydrogens (tertiary/aromatic N) is 5. The topological polar surface area (TPSA) is 246 Å². The maximum absolute atomic E-state index is 12.7. The fourth-order valence-electron chi connectivity index (χ4n) is 13.4. The van der Waals surface area contributed by atoms with Gasteiger partial charge in [-0.25, -0.2) is 0 Å². The number of hydrogen-bond donors (Lipinski definition) is 1. The molecule has 32 heteroatoms. The van der Waals surface area contributed by atoms with Gasteiger partial charge in [0.25, 0.3) is 0 Å². The molecule has 17 rings (SSSR count). The van der Waals surface area contributed by atoms with Crippen LogP contribution in [0.25, 0.3) is 22.6 Å². The maximum atomic E-state index is 12.7. The number of nitrogens with two attached hydrogens (primary N) is 1. The summed E-state index contributed by atoms with van der Waals surface area (Å²) in [7, 11) is 0.210. The van der Waals surface area contributed by atoms with Crippen LogP contribution < -0.4 is 36.0 Å². The second kappa shape index (κ2) is 34.2. The standard InChI is InChI=1S/C23H19BN2O4S.C22H20N2O3S.C20H23B2NO3S.C15H11BF3NO4S2/c27-16-12-20(30-22(13-16)26-7-9-29-10-8-26)17-5-6-19(25-14-24-28)18-11-15-3-1-2-4-21(15)31-23(17)18;23-18-6-5-16(22-17(18)11-14-3-1-2-4-20(14)28-22)19-12-15(25)13-21(27-19)24-7-9-26-10-8-24;1-19(2)20(3,4)26-22(25-19)15-10-11-16(23-21-24-5)14-12-13-8-6-7-9-17(13)27-18(14)15;1-23-16-20-11-6-7-12(24-26(21,22)15(17,18)19)14-10(11)8-9-4-2-3-5-13(9)25-14/h1-6,12-14H,7-11H2;1-6,12-13H,7-11,23H2;6-11H,12H2,1-5H3;2-7H,8H2,1H3. The Morgan fingerprint density at radius 1 is 0.527 bits per heavy atom. The molecule has 0 amide bonds. The van der Waals surface area contributed by atoms with Gasteiger partial charge in [-0.2, -0.15) is 0 Å². The van der Waals surface area contributed by atoms with Crippen LogP contribution in [-0.4, -0.2) is 127 Å². The Labute approximate surface area is 664 Å². The van der Waals surface area contributed by atoms with Crippen molar-refractivity contribution in [2.75, 3.05) is 82.4 Å². The Morgan fingerprint density at radius 2 is 0.929 bits per heavy atom. The van der Waals surface area contributed by atoms with Gasteiger partial charge < -0.3 is 24.5 Å². The number of fused-ring (bicyclic) bond motifs is 8. The first-order chi connectivity index (χ1) is 54.0. The molecule has 0 unspecified atom stereocenters. The van der Waals surface area contributed by atoms with Gasteiger partial charge in [-0.15, -0.1) is 0 Å². The number of anilines is 3. The molecule has 0 bridgehead atoms. The van der Waals surface area contributed by atoms with Crippen LogP contribution in [-0.2, 0) is 68.6 Å². The molecule has 3 fully saturated rings. The van der Waals surface area contributed by atoms with Crippen LogP contribution in [0.2, 0.25) is 0 Å². The summed E-state index contributed by atoms with van der Waals surface area (Å²) < 4.78 is 122. The molecule has 20 nitrogen and oxygen atoms in total. The minimum atomic E-state index is -5.77. The minimum absolute atomic E-state index is 0.0606. The van der Waals surface area contributed by atoms with Gasteiger partial charge in [0.05, 0.1) is 13.2 Å². The number of morpholine rings is 2. The second-order valence-electron chi connectivity index (χ2n) is 27.5. The van der Waals surface area contributed by atoms with Crippen molar-refractivity contribution in [2.45, 2.75) is 109 Å². The molecule has 8 aromatic carbocycles. The van der Waals surface area contributed by atoms with Crippen molar-refractivity contribution in [1.29, 1.82) is 0 Å². The van der Waals surface area contributed by atoms with Crippen molar-refractivity contribution in [2.24, 2.45) is 14.8 Å². The number of halogens is 3. The Kier molecular flexibility index (Phi) is 24.3. The van der Waals surface area contributed by atoms with Crippen molar-refractivity contribution in [1.82, 2.24) is 0 Å². The monoisotopic (exact) mass is 1600 g/mol. The van der Waals surface area contributed by atoms with Crippen LogP contribution in [0.3, 0.4) is 0 Å². The first-order valence-electron chi connectivity index (χ1n) is 35.8. The molecule has 0 aliphatic carbocycles.